The molecule has 1 amide bonds. The van der Waals surface area contributed by atoms with Gasteiger partial charge in [0, 0.05) is 25.2 Å². The number of carbonyl (C=O) groups is 1. The van der Waals surface area contributed by atoms with Crippen LogP contribution in [0.15, 0.2) is 48.5 Å². The lowest BCUT2D eigenvalue weighted by atomic mass is 10.1. The predicted molar refractivity (Wildman–Crippen MR) is 129 cm³/mol. The lowest BCUT2D eigenvalue weighted by molar-refractivity contribution is 0.0374. The number of aromatic nitrogens is 2. The summed E-state index contributed by atoms with van der Waals surface area (Å²) >= 11 is 0. The maximum Gasteiger partial charge on any atom is 0.270 e. The average Bonchev–Trinajstić information content (AvgIpc) is 3.29. The minimum Gasteiger partial charge on any atom is -0.497 e. The van der Waals surface area contributed by atoms with Gasteiger partial charge in [0.05, 0.1) is 31.7 Å². The van der Waals surface area contributed by atoms with E-state index < -0.39 is 0 Å². The molecule has 7 heteroatoms. The molecule has 0 bridgehead atoms. The van der Waals surface area contributed by atoms with Gasteiger partial charge in [0.15, 0.2) is 0 Å². The summed E-state index contributed by atoms with van der Waals surface area (Å²) in [7, 11) is 1.64. The first-order chi connectivity index (χ1) is 16.0. The fourth-order valence-corrected chi connectivity index (χ4v) is 4.02. The molecular formula is C26H32N4O3. The quantitative estimate of drug-likeness (QED) is 0.533. The molecule has 0 saturated carbocycles. The van der Waals surface area contributed by atoms with Crippen LogP contribution in [0.1, 0.15) is 28.0 Å². The van der Waals surface area contributed by atoms with Gasteiger partial charge in [-0.05, 0) is 62.2 Å². The van der Waals surface area contributed by atoms with E-state index in [1.54, 1.807) is 11.8 Å². The lowest BCUT2D eigenvalue weighted by Gasteiger charge is -2.26. The number of nitrogens with one attached hydrogen (secondary N) is 1. The summed E-state index contributed by atoms with van der Waals surface area (Å²) in [6.45, 7) is 9.13. The Labute approximate surface area is 195 Å². The van der Waals surface area contributed by atoms with Gasteiger partial charge < -0.3 is 14.8 Å². The number of nitrogens with zero attached hydrogens (tertiary/aromatic N) is 3. The van der Waals surface area contributed by atoms with Crippen molar-refractivity contribution in [2.45, 2.75) is 20.3 Å². The SMILES string of the molecule is COc1cccc(-c2cc(C(=O)NCCCN3CCOCC3)n(-c3cc(C)ccc3C)n2)c1. The summed E-state index contributed by atoms with van der Waals surface area (Å²) in [4.78, 5) is 15.6. The molecule has 7 nitrogen and oxygen atoms in total. The van der Waals surface area contributed by atoms with E-state index in [0.717, 1.165) is 73.1 Å². The third kappa shape index (κ3) is 5.61. The number of morpholine rings is 1. The van der Waals surface area contributed by atoms with Crippen LogP contribution in [0.25, 0.3) is 16.9 Å². The summed E-state index contributed by atoms with van der Waals surface area (Å²) < 4.78 is 12.5. The van der Waals surface area contributed by atoms with E-state index in [-0.39, 0.29) is 5.91 Å². The Morgan fingerprint density at radius 2 is 1.94 bits per heavy atom. The van der Waals surface area contributed by atoms with E-state index in [1.165, 1.54) is 0 Å². The number of aryl methyl sites for hydroxylation is 2. The Kier molecular flexibility index (Phi) is 7.42. The first-order valence-electron chi connectivity index (χ1n) is 11.5. The Morgan fingerprint density at radius 1 is 1.12 bits per heavy atom. The van der Waals surface area contributed by atoms with Gasteiger partial charge in [0.1, 0.15) is 11.4 Å². The lowest BCUT2D eigenvalue weighted by Crippen LogP contribution is -2.38. The van der Waals surface area contributed by atoms with Crippen LogP contribution in [0.2, 0.25) is 0 Å². The molecule has 1 N–H and O–H groups in total. The Balaban J connectivity index is 1.57. The van der Waals surface area contributed by atoms with E-state index in [1.807, 2.05) is 44.2 Å². The highest BCUT2D eigenvalue weighted by atomic mass is 16.5. The monoisotopic (exact) mass is 448 g/mol. The molecule has 1 saturated heterocycles. The standard InChI is InChI=1S/C26H32N4O3/c1-19-8-9-20(2)24(16-19)30-25(18-23(28-30)21-6-4-7-22(17-21)32-3)26(31)27-10-5-11-29-12-14-33-15-13-29/h4,6-9,16-18H,5,10-15H2,1-3H3,(H,27,31). The zero-order valence-corrected chi connectivity index (χ0v) is 19.6. The average molecular weight is 449 g/mol. The number of benzene rings is 2. The predicted octanol–water partition coefficient (Wildman–Crippen LogP) is 3.62. The minimum atomic E-state index is -0.125. The number of carbonyl (C=O) groups excluding carboxylic acids is 1. The van der Waals surface area contributed by atoms with E-state index >= 15 is 0 Å². The van der Waals surface area contributed by atoms with Gasteiger partial charge in [-0.25, -0.2) is 4.68 Å². The van der Waals surface area contributed by atoms with E-state index in [2.05, 4.69) is 28.4 Å². The van der Waals surface area contributed by atoms with Crippen molar-refractivity contribution in [1.29, 1.82) is 0 Å². The minimum absolute atomic E-state index is 0.125. The van der Waals surface area contributed by atoms with Crippen LogP contribution in [-0.4, -0.2) is 67.1 Å². The molecule has 0 aliphatic carbocycles. The Morgan fingerprint density at radius 3 is 2.73 bits per heavy atom. The molecule has 1 aliphatic heterocycles. The Hall–Kier alpha value is -3.16. The highest BCUT2D eigenvalue weighted by Crippen LogP contribution is 2.26. The fourth-order valence-electron chi connectivity index (χ4n) is 4.02. The highest BCUT2D eigenvalue weighted by molar-refractivity contribution is 5.94. The van der Waals surface area contributed by atoms with E-state index in [4.69, 9.17) is 14.6 Å². The van der Waals surface area contributed by atoms with Gasteiger partial charge in [0.25, 0.3) is 5.91 Å². The number of hydrogen-bond acceptors (Lipinski definition) is 5. The number of ether oxygens (including phenoxy) is 2. The molecular weight excluding hydrogens is 416 g/mol. The largest absolute Gasteiger partial charge is 0.497 e. The number of rotatable bonds is 8. The van der Waals surface area contributed by atoms with Crippen molar-refractivity contribution < 1.29 is 14.3 Å². The normalized spacial score (nSPS) is 14.3. The van der Waals surface area contributed by atoms with Crippen LogP contribution in [0.5, 0.6) is 5.75 Å². The van der Waals surface area contributed by atoms with Crippen molar-refractivity contribution in [3.63, 3.8) is 0 Å². The Bertz CT molecular complexity index is 1100. The van der Waals surface area contributed by atoms with Crippen molar-refractivity contribution in [2.75, 3.05) is 46.5 Å². The van der Waals surface area contributed by atoms with E-state index in [9.17, 15) is 4.79 Å². The molecule has 1 aliphatic rings. The van der Waals surface area contributed by atoms with Crippen LogP contribution in [0, 0.1) is 13.8 Å². The van der Waals surface area contributed by atoms with Crippen molar-refractivity contribution in [1.82, 2.24) is 20.0 Å². The van der Waals surface area contributed by atoms with Gasteiger partial charge in [-0.1, -0.05) is 24.3 Å². The van der Waals surface area contributed by atoms with Crippen LogP contribution in [-0.2, 0) is 4.74 Å². The third-order valence-corrected chi connectivity index (χ3v) is 5.94. The topological polar surface area (TPSA) is 68.6 Å². The van der Waals surface area contributed by atoms with Gasteiger partial charge in [0.2, 0.25) is 0 Å². The van der Waals surface area contributed by atoms with Gasteiger partial charge in [-0.2, -0.15) is 5.10 Å². The second-order valence-electron chi connectivity index (χ2n) is 8.41. The molecule has 174 valence electrons. The van der Waals surface area contributed by atoms with E-state index in [0.29, 0.717) is 12.2 Å². The maximum atomic E-state index is 13.2. The molecule has 1 aromatic heterocycles. The number of amides is 1. The summed E-state index contributed by atoms with van der Waals surface area (Å²) in [6, 6.07) is 15.8. The molecule has 2 heterocycles. The van der Waals surface area contributed by atoms with Gasteiger partial charge in [-0.3, -0.25) is 9.69 Å². The molecule has 0 spiro atoms. The maximum absolute atomic E-state index is 13.2. The summed E-state index contributed by atoms with van der Waals surface area (Å²) in [6.07, 6.45) is 0.895. The summed E-state index contributed by atoms with van der Waals surface area (Å²) in [5.74, 6) is 0.627. The van der Waals surface area contributed by atoms with Crippen LogP contribution < -0.4 is 10.1 Å². The summed E-state index contributed by atoms with van der Waals surface area (Å²) in [5.41, 5.74) is 5.23. The van der Waals surface area contributed by atoms with Crippen molar-refractivity contribution in [3.05, 3.63) is 65.4 Å². The molecule has 0 radical (unpaired) electrons. The zero-order valence-electron chi connectivity index (χ0n) is 19.6. The molecule has 1 fully saturated rings. The second kappa shape index (κ2) is 10.6. The second-order valence-corrected chi connectivity index (χ2v) is 8.41. The van der Waals surface area contributed by atoms with Crippen molar-refractivity contribution in [3.8, 4) is 22.7 Å². The fraction of sp³-hybridized carbons (Fsp3) is 0.385. The molecule has 33 heavy (non-hydrogen) atoms. The molecule has 2 aromatic carbocycles. The summed E-state index contributed by atoms with van der Waals surface area (Å²) in [5, 5.41) is 7.92. The molecule has 3 aromatic rings. The molecule has 0 atom stereocenters. The van der Waals surface area contributed by atoms with Gasteiger partial charge in [-0.15, -0.1) is 0 Å². The van der Waals surface area contributed by atoms with Crippen molar-refractivity contribution >= 4 is 5.91 Å². The molecule has 0 unspecified atom stereocenters. The number of methoxy groups -OCH3 is 1. The zero-order chi connectivity index (χ0) is 23.2. The van der Waals surface area contributed by atoms with Crippen LogP contribution >= 0.6 is 0 Å². The first kappa shape index (κ1) is 23.0. The van der Waals surface area contributed by atoms with Crippen LogP contribution in [0.4, 0.5) is 0 Å². The van der Waals surface area contributed by atoms with Crippen molar-refractivity contribution in [2.24, 2.45) is 0 Å². The smallest absolute Gasteiger partial charge is 0.270 e. The first-order valence-corrected chi connectivity index (χ1v) is 11.5. The third-order valence-electron chi connectivity index (χ3n) is 5.94. The molecule has 4 rings (SSSR count). The van der Waals surface area contributed by atoms with Crippen LogP contribution in [0.3, 0.4) is 0 Å². The van der Waals surface area contributed by atoms with Gasteiger partial charge >= 0.3 is 0 Å². The highest BCUT2D eigenvalue weighted by Gasteiger charge is 2.19. The number of hydrogen-bond donors (Lipinski definition) is 1.